The van der Waals surface area contributed by atoms with Gasteiger partial charge in [-0.2, -0.15) is 0 Å². The highest BCUT2D eigenvalue weighted by molar-refractivity contribution is 8.09. The van der Waals surface area contributed by atoms with Gasteiger partial charge in [0.25, 0.3) is 0 Å². The number of piperazine rings is 1. The van der Waals surface area contributed by atoms with E-state index >= 15 is 0 Å². The molecule has 0 aromatic heterocycles. The third-order valence-corrected chi connectivity index (χ3v) is 7.83. The summed E-state index contributed by atoms with van der Waals surface area (Å²) >= 11 is 1.55. The van der Waals surface area contributed by atoms with Crippen LogP contribution in [0.15, 0.2) is 60.7 Å². The van der Waals surface area contributed by atoms with Crippen LogP contribution in [0.2, 0.25) is 0 Å². The normalized spacial score (nSPS) is 23.2. The Bertz CT molecular complexity index is 1050. The number of benzene rings is 2. The number of hydrogen-bond acceptors (Lipinski definition) is 6. The molecule has 5 rings (SSSR count). The number of imide groups is 1. The number of carbonyl (C=O) groups is 2. The second-order valence-electron chi connectivity index (χ2n) is 8.40. The lowest BCUT2D eigenvalue weighted by Gasteiger charge is -2.38. The van der Waals surface area contributed by atoms with Crippen LogP contribution >= 0.6 is 11.8 Å². The van der Waals surface area contributed by atoms with E-state index in [2.05, 4.69) is 21.2 Å². The third-order valence-electron chi connectivity index (χ3n) is 6.45. The molecule has 3 heterocycles. The lowest BCUT2D eigenvalue weighted by atomic mass is 10.1. The fourth-order valence-corrected chi connectivity index (χ4v) is 5.91. The molecule has 0 bridgehead atoms. The number of thioether (sulfide) groups is 1. The molecular formula is C25H28N4O3S. The van der Waals surface area contributed by atoms with E-state index in [4.69, 9.17) is 4.74 Å². The predicted octanol–water partition coefficient (Wildman–Crippen LogP) is 2.89. The highest BCUT2D eigenvalue weighted by Gasteiger charge is 2.44. The molecule has 3 amide bonds. The summed E-state index contributed by atoms with van der Waals surface area (Å²) in [5.41, 5.74) is 2.19. The molecule has 0 spiro atoms. The van der Waals surface area contributed by atoms with E-state index in [1.165, 1.54) is 4.90 Å². The van der Waals surface area contributed by atoms with Crippen LogP contribution in [0.25, 0.3) is 4.91 Å². The minimum absolute atomic E-state index is 0.0939. The molecule has 1 N–H and O–H groups in total. The molecule has 7 nitrogen and oxygen atoms in total. The molecule has 2 fully saturated rings. The highest BCUT2D eigenvalue weighted by atomic mass is 32.2. The van der Waals surface area contributed by atoms with Gasteiger partial charge in [-0.15, -0.1) is 11.8 Å². The Morgan fingerprint density at radius 2 is 1.70 bits per heavy atom. The quantitative estimate of drug-likeness (QED) is 0.709. The van der Waals surface area contributed by atoms with E-state index in [-0.39, 0.29) is 23.2 Å². The van der Waals surface area contributed by atoms with Gasteiger partial charge >= 0.3 is 6.03 Å². The van der Waals surface area contributed by atoms with Crippen molar-refractivity contribution in [1.82, 2.24) is 15.1 Å². The van der Waals surface area contributed by atoms with E-state index < -0.39 is 0 Å². The van der Waals surface area contributed by atoms with Crippen molar-refractivity contribution < 1.29 is 14.3 Å². The van der Waals surface area contributed by atoms with Crippen LogP contribution in [0.1, 0.15) is 5.56 Å². The Kier molecular flexibility index (Phi) is 6.28. The molecule has 2 saturated heterocycles. The van der Waals surface area contributed by atoms with Crippen LogP contribution in [-0.4, -0.2) is 79.4 Å². The molecule has 2 aromatic carbocycles. The van der Waals surface area contributed by atoms with Gasteiger partial charge in [0.1, 0.15) is 11.0 Å². The van der Waals surface area contributed by atoms with Crippen molar-refractivity contribution in [2.75, 3.05) is 51.3 Å². The lowest BCUT2D eigenvalue weighted by Crippen LogP contribution is -2.61. The Labute approximate surface area is 198 Å². The van der Waals surface area contributed by atoms with E-state index in [0.717, 1.165) is 48.1 Å². The van der Waals surface area contributed by atoms with Gasteiger partial charge < -0.3 is 15.0 Å². The first-order valence-electron chi connectivity index (χ1n) is 11.3. The standard InChI is InChI=1S/C25H28N4O3S/c1-32-21-10-6-5-9-20(21)28-14-11-27(12-15-28)13-16-29-24(30)23-19(26-25(29)31)17-22(33-23)18-7-3-2-4-8-18/h2-10,17,19,23H,11-16H2,1H3,(H,26,31). The fraction of sp³-hybridized carbons (Fsp3) is 0.360. The molecule has 2 aromatic rings. The van der Waals surface area contributed by atoms with Gasteiger partial charge in [0, 0.05) is 44.2 Å². The molecular weight excluding hydrogens is 436 g/mol. The zero-order chi connectivity index (χ0) is 22.8. The maximum absolute atomic E-state index is 13.1. The number of nitrogens with one attached hydrogen (secondary N) is 1. The molecule has 2 atom stereocenters. The first-order chi connectivity index (χ1) is 16.1. The van der Waals surface area contributed by atoms with Crippen LogP contribution in [0.3, 0.4) is 0 Å². The summed E-state index contributed by atoms with van der Waals surface area (Å²) in [6.07, 6.45) is 2.01. The topological polar surface area (TPSA) is 65.1 Å². The number of rotatable bonds is 6. The molecule has 0 aliphatic carbocycles. The van der Waals surface area contributed by atoms with E-state index in [9.17, 15) is 9.59 Å². The third kappa shape index (κ3) is 4.45. The Morgan fingerprint density at radius 1 is 0.970 bits per heavy atom. The summed E-state index contributed by atoms with van der Waals surface area (Å²) in [5, 5.41) is 2.72. The molecule has 0 radical (unpaired) electrons. The van der Waals surface area contributed by atoms with Gasteiger partial charge in [0.05, 0.1) is 18.8 Å². The van der Waals surface area contributed by atoms with Gasteiger partial charge in [-0.25, -0.2) is 4.79 Å². The predicted molar refractivity (Wildman–Crippen MR) is 131 cm³/mol. The zero-order valence-electron chi connectivity index (χ0n) is 18.6. The van der Waals surface area contributed by atoms with Crippen molar-refractivity contribution in [1.29, 1.82) is 0 Å². The number of nitrogens with zero attached hydrogens (tertiary/aromatic N) is 3. The summed E-state index contributed by atoms with van der Waals surface area (Å²) in [6.45, 7) is 4.60. The number of carbonyl (C=O) groups excluding carboxylic acids is 2. The second-order valence-corrected chi connectivity index (χ2v) is 9.58. The summed E-state index contributed by atoms with van der Waals surface area (Å²) < 4.78 is 5.50. The average Bonchev–Trinajstić information content (AvgIpc) is 3.29. The highest BCUT2D eigenvalue weighted by Crippen LogP contribution is 2.41. The van der Waals surface area contributed by atoms with Gasteiger partial charge in [0.15, 0.2) is 0 Å². The number of methoxy groups -OCH3 is 1. The maximum Gasteiger partial charge on any atom is 0.324 e. The number of urea groups is 1. The van der Waals surface area contributed by atoms with Crippen molar-refractivity contribution in [2.24, 2.45) is 0 Å². The molecule has 8 heteroatoms. The summed E-state index contributed by atoms with van der Waals surface area (Å²) in [4.78, 5) is 32.9. The second kappa shape index (κ2) is 9.49. The maximum atomic E-state index is 13.1. The van der Waals surface area contributed by atoms with Crippen LogP contribution in [0.4, 0.5) is 10.5 Å². The number of anilines is 1. The number of hydrogen-bond donors (Lipinski definition) is 1. The Balaban J connectivity index is 1.16. The fourth-order valence-electron chi connectivity index (χ4n) is 4.62. The zero-order valence-corrected chi connectivity index (χ0v) is 19.5. The Hall–Kier alpha value is -2.97. The van der Waals surface area contributed by atoms with Crippen molar-refractivity contribution in [3.8, 4) is 5.75 Å². The van der Waals surface area contributed by atoms with Crippen molar-refractivity contribution >= 4 is 34.3 Å². The minimum atomic E-state index is -0.292. The van der Waals surface area contributed by atoms with Crippen molar-refractivity contribution in [2.45, 2.75) is 11.3 Å². The summed E-state index contributed by atoms with van der Waals surface area (Å²) in [6, 6.07) is 17.5. The molecule has 3 aliphatic rings. The SMILES string of the molecule is COc1ccccc1N1CCN(CCN2C(=O)NC3C=C(c4ccccc4)SC3C2=O)CC1. The minimum Gasteiger partial charge on any atom is -0.495 e. The van der Waals surface area contributed by atoms with E-state index in [1.54, 1.807) is 18.9 Å². The Morgan fingerprint density at radius 3 is 2.45 bits per heavy atom. The van der Waals surface area contributed by atoms with Gasteiger partial charge in [0.2, 0.25) is 5.91 Å². The van der Waals surface area contributed by atoms with E-state index in [1.807, 2.05) is 54.6 Å². The van der Waals surface area contributed by atoms with Crippen LogP contribution < -0.4 is 15.0 Å². The summed E-state index contributed by atoms with van der Waals surface area (Å²) in [5.74, 6) is 0.789. The van der Waals surface area contributed by atoms with Crippen LogP contribution in [0, 0.1) is 0 Å². The average molecular weight is 465 g/mol. The van der Waals surface area contributed by atoms with Gasteiger partial charge in [-0.3, -0.25) is 14.6 Å². The first-order valence-corrected chi connectivity index (χ1v) is 12.2. The molecule has 3 aliphatic heterocycles. The largest absolute Gasteiger partial charge is 0.495 e. The van der Waals surface area contributed by atoms with Crippen molar-refractivity contribution in [3.63, 3.8) is 0 Å². The smallest absolute Gasteiger partial charge is 0.324 e. The van der Waals surface area contributed by atoms with Crippen LogP contribution in [-0.2, 0) is 4.79 Å². The first kappa shape index (κ1) is 21.9. The van der Waals surface area contributed by atoms with Gasteiger partial charge in [-0.1, -0.05) is 42.5 Å². The number of amides is 3. The molecule has 172 valence electrons. The van der Waals surface area contributed by atoms with E-state index in [0.29, 0.717) is 13.1 Å². The summed E-state index contributed by atoms with van der Waals surface area (Å²) in [7, 11) is 1.70. The van der Waals surface area contributed by atoms with Crippen molar-refractivity contribution in [3.05, 3.63) is 66.2 Å². The monoisotopic (exact) mass is 464 g/mol. The number of fused-ring (bicyclic) bond motifs is 1. The lowest BCUT2D eigenvalue weighted by molar-refractivity contribution is -0.129. The van der Waals surface area contributed by atoms with Gasteiger partial charge in [-0.05, 0) is 23.8 Å². The number of para-hydroxylation sites is 2. The van der Waals surface area contributed by atoms with Crippen LogP contribution in [0.5, 0.6) is 5.75 Å². The molecule has 0 saturated carbocycles. The molecule has 33 heavy (non-hydrogen) atoms. The molecule has 2 unspecified atom stereocenters. The number of ether oxygens (including phenoxy) is 1.